The van der Waals surface area contributed by atoms with Gasteiger partial charge in [-0.2, -0.15) is 18.3 Å². The highest BCUT2D eigenvalue weighted by Crippen LogP contribution is 2.27. The predicted octanol–water partition coefficient (Wildman–Crippen LogP) is 1.24. The normalized spacial score (nSPS) is 12.7. The van der Waals surface area contributed by atoms with Crippen molar-refractivity contribution in [2.24, 2.45) is 5.73 Å². The first kappa shape index (κ1) is 16.5. The number of nitrogens with one attached hydrogen (secondary N) is 1. The molecule has 0 spiro atoms. The van der Waals surface area contributed by atoms with Crippen molar-refractivity contribution in [1.29, 1.82) is 0 Å². The first-order chi connectivity index (χ1) is 10.8. The molecule has 1 heterocycles. The maximum atomic E-state index is 12.4. The van der Waals surface area contributed by atoms with Crippen LogP contribution in [-0.2, 0) is 22.3 Å². The van der Waals surface area contributed by atoms with E-state index in [2.05, 4.69) is 10.4 Å². The average molecular weight is 326 g/mol. The molecule has 0 aliphatic heterocycles. The number of hydrogen-bond donors (Lipinski definition) is 2. The van der Waals surface area contributed by atoms with Gasteiger partial charge in [0, 0.05) is 6.20 Å². The van der Waals surface area contributed by atoms with Crippen molar-refractivity contribution in [3.63, 3.8) is 0 Å². The third-order valence-corrected chi connectivity index (χ3v) is 2.96. The van der Waals surface area contributed by atoms with Crippen molar-refractivity contribution in [3.05, 3.63) is 53.9 Å². The number of aromatic nitrogens is 2. The molecule has 1 aromatic heterocycles. The lowest BCUT2D eigenvalue weighted by atomic mass is 10.1. The van der Waals surface area contributed by atoms with Crippen LogP contribution in [-0.4, -0.2) is 21.6 Å². The number of nitrogens with two attached hydrogens (primary N) is 1. The third kappa shape index (κ3) is 4.31. The standard InChI is InChI=1S/C14H13F3N4O2/c15-14(16,17)10-6-7-21(20-10)8-11(22)19-12(13(18)23)9-4-2-1-3-5-9/h1-7,12H,8H2,(H2,18,23)(H,19,22). The number of carbonyl (C=O) groups is 2. The fourth-order valence-electron chi connectivity index (χ4n) is 1.92. The van der Waals surface area contributed by atoms with Gasteiger partial charge in [-0.3, -0.25) is 14.3 Å². The van der Waals surface area contributed by atoms with Crippen LogP contribution in [0.2, 0.25) is 0 Å². The van der Waals surface area contributed by atoms with E-state index in [-0.39, 0.29) is 0 Å². The summed E-state index contributed by atoms with van der Waals surface area (Å²) in [7, 11) is 0. The quantitative estimate of drug-likeness (QED) is 0.866. The Balaban J connectivity index is 2.05. The van der Waals surface area contributed by atoms with Crippen molar-refractivity contribution in [3.8, 4) is 0 Å². The summed E-state index contributed by atoms with van der Waals surface area (Å²) in [5.41, 5.74) is 4.63. The molecule has 0 saturated carbocycles. The zero-order chi connectivity index (χ0) is 17.0. The highest BCUT2D eigenvalue weighted by atomic mass is 19.4. The summed E-state index contributed by atoms with van der Waals surface area (Å²) in [5.74, 6) is -1.46. The largest absolute Gasteiger partial charge is 0.435 e. The molecule has 1 aromatic carbocycles. The molecule has 2 aromatic rings. The van der Waals surface area contributed by atoms with Gasteiger partial charge < -0.3 is 11.1 Å². The Labute approximate surface area is 129 Å². The van der Waals surface area contributed by atoms with Gasteiger partial charge in [-0.25, -0.2) is 0 Å². The topological polar surface area (TPSA) is 90.0 Å². The molecule has 6 nitrogen and oxygen atoms in total. The molecule has 2 rings (SSSR count). The maximum absolute atomic E-state index is 12.4. The van der Waals surface area contributed by atoms with E-state index in [0.717, 1.165) is 16.9 Å². The minimum absolute atomic E-state index is 0.466. The number of rotatable bonds is 5. The first-order valence-electron chi connectivity index (χ1n) is 6.51. The van der Waals surface area contributed by atoms with Crippen LogP contribution in [0.5, 0.6) is 0 Å². The number of benzene rings is 1. The Bertz CT molecular complexity index is 698. The van der Waals surface area contributed by atoms with Crippen LogP contribution < -0.4 is 11.1 Å². The van der Waals surface area contributed by atoms with Gasteiger partial charge in [0.05, 0.1) is 0 Å². The molecule has 23 heavy (non-hydrogen) atoms. The van der Waals surface area contributed by atoms with Crippen LogP contribution in [0.4, 0.5) is 13.2 Å². The number of hydrogen-bond acceptors (Lipinski definition) is 3. The Morgan fingerprint density at radius 2 is 1.87 bits per heavy atom. The fourth-order valence-corrected chi connectivity index (χ4v) is 1.92. The van der Waals surface area contributed by atoms with Gasteiger partial charge in [-0.05, 0) is 11.6 Å². The molecule has 2 amide bonds. The monoisotopic (exact) mass is 326 g/mol. The molecule has 0 fully saturated rings. The molecular weight excluding hydrogens is 313 g/mol. The lowest BCUT2D eigenvalue weighted by molar-refractivity contribution is -0.141. The van der Waals surface area contributed by atoms with Crippen LogP contribution in [0.15, 0.2) is 42.6 Å². The first-order valence-corrected chi connectivity index (χ1v) is 6.51. The van der Waals surface area contributed by atoms with Crippen LogP contribution in [0.25, 0.3) is 0 Å². The lowest BCUT2D eigenvalue weighted by Crippen LogP contribution is -2.39. The van der Waals surface area contributed by atoms with Crippen molar-refractivity contribution in [2.45, 2.75) is 18.8 Å². The third-order valence-electron chi connectivity index (χ3n) is 2.96. The van der Waals surface area contributed by atoms with Gasteiger partial charge in [0.1, 0.15) is 12.6 Å². The molecule has 9 heteroatoms. The van der Waals surface area contributed by atoms with Crippen LogP contribution in [0.3, 0.4) is 0 Å². The second-order valence-electron chi connectivity index (χ2n) is 4.71. The van der Waals surface area contributed by atoms with Crippen molar-refractivity contribution in [1.82, 2.24) is 15.1 Å². The smallest absolute Gasteiger partial charge is 0.368 e. The molecule has 1 unspecified atom stereocenters. The Kier molecular flexibility index (Phi) is 4.68. The SMILES string of the molecule is NC(=O)C(NC(=O)Cn1ccc(C(F)(F)F)n1)c1ccccc1. The molecule has 3 N–H and O–H groups in total. The molecule has 0 aliphatic rings. The number of alkyl halides is 3. The van der Waals surface area contributed by atoms with Gasteiger partial charge >= 0.3 is 6.18 Å². The van der Waals surface area contributed by atoms with E-state index in [1.54, 1.807) is 30.3 Å². The van der Waals surface area contributed by atoms with Gasteiger partial charge in [-0.15, -0.1) is 0 Å². The highest BCUT2D eigenvalue weighted by molar-refractivity contribution is 5.87. The van der Waals surface area contributed by atoms with E-state index < -0.39 is 36.3 Å². The zero-order valence-electron chi connectivity index (χ0n) is 11.7. The van der Waals surface area contributed by atoms with Crippen LogP contribution >= 0.6 is 0 Å². The van der Waals surface area contributed by atoms with E-state index in [0.29, 0.717) is 5.56 Å². The average Bonchev–Trinajstić information content (AvgIpc) is 2.94. The van der Waals surface area contributed by atoms with Gasteiger partial charge in [0.2, 0.25) is 11.8 Å². The van der Waals surface area contributed by atoms with Gasteiger partial charge in [0.15, 0.2) is 5.69 Å². The van der Waals surface area contributed by atoms with E-state index in [9.17, 15) is 22.8 Å². The van der Waals surface area contributed by atoms with Crippen molar-refractivity contribution in [2.75, 3.05) is 0 Å². The Morgan fingerprint density at radius 1 is 1.22 bits per heavy atom. The van der Waals surface area contributed by atoms with E-state index in [4.69, 9.17) is 5.73 Å². The number of amides is 2. The van der Waals surface area contributed by atoms with E-state index >= 15 is 0 Å². The molecule has 0 saturated heterocycles. The summed E-state index contributed by atoms with van der Waals surface area (Å²) >= 11 is 0. The lowest BCUT2D eigenvalue weighted by Gasteiger charge is -2.15. The van der Waals surface area contributed by atoms with Crippen molar-refractivity contribution >= 4 is 11.8 Å². The summed E-state index contributed by atoms with van der Waals surface area (Å²) in [6.07, 6.45) is -3.55. The number of primary amides is 1. The molecule has 122 valence electrons. The second-order valence-corrected chi connectivity index (χ2v) is 4.71. The zero-order valence-corrected chi connectivity index (χ0v) is 11.7. The molecule has 1 atom stereocenters. The summed E-state index contributed by atoms with van der Waals surface area (Å²) in [5, 5.41) is 5.63. The minimum atomic E-state index is -4.58. The fraction of sp³-hybridized carbons (Fsp3) is 0.214. The second kappa shape index (κ2) is 6.51. The predicted molar refractivity (Wildman–Crippen MR) is 73.7 cm³/mol. The van der Waals surface area contributed by atoms with E-state index in [1.165, 1.54) is 0 Å². The van der Waals surface area contributed by atoms with E-state index in [1.807, 2.05) is 0 Å². The highest BCUT2D eigenvalue weighted by Gasteiger charge is 2.33. The molecule has 0 bridgehead atoms. The Hall–Kier alpha value is -2.84. The van der Waals surface area contributed by atoms with Gasteiger partial charge in [0.25, 0.3) is 0 Å². The molecular formula is C14H13F3N4O2. The number of nitrogens with zero attached hydrogens (tertiary/aromatic N) is 2. The number of halogens is 3. The molecule has 0 aliphatic carbocycles. The van der Waals surface area contributed by atoms with Crippen LogP contribution in [0.1, 0.15) is 17.3 Å². The molecule has 0 radical (unpaired) electrons. The summed E-state index contributed by atoms with van der Waals surface area (Å²) < 4.78 is 38.1. The minimum Gasteiger partial charge on any atom is -0.368 e. The van der Waals surface area contributed by atoms with Gasteiger partial charge in [-0.1, -0.05) is 30.3 Å². The summed E-state index contributed by atoms with van der Waals surface area (Å²) in [4.78, 5) is 23.4. The van der Waals surface area contributed by atoms with Crippen LogP contribution in [0, 0.1) is 0 Å². The summed E-state index contributed by atoms with van der Waals surface area (Å²) in [6.45, 7) is -0.466. The maximum Gasteiger partial charge on any atom is 0.435 e. The Morgan fingerprint density at radius 3 is 2.39 bits per heavy atom. The number of carbonyl (C=O) groups excluding carboxylic acids is 2. The van der Waals surface area contributed by atoms with Crippen molar-refractivity contribution < 1.29 is 22.8 Å². The summed E-state index contributed by atoms with van der Waals surface area (Å²) in [6, 6.07) is 7.96.